The van der Waals surface area contributed by atoms with E-state index in [2.05, 4.69) is 15.0 Å². The maximum absolute atomic E-state index is 13.1. The zero-order valence-corrected chi connectivity index (χ0v) is 20.9. The molecular formula is C22H30ClN5O6. The van der Waals surface area contributed by atoms with Gasteiger partial charge in [-0.25, -0.2) is 14.6 Å². The number of hydrogen-bond acceptors (Lipinski definition) is 8. The van der Waals surface area contributed by atoms with Crippen molar-refractivity contribution in [3.8, 4) is 0 Å². The van der Waals surface area contributed by atoms with E-state index in [1.54, 1.807) is 46.1 Å². The first-order valence-corrected chi connectivity index (χ1v) is 11.4. The molecule has 1 N–H and O–H groups in total. The summed E-state index contributed by atoms with van der Waals surface area (Å²) >= 11 is 6.20. The minimum Gasteiger partial charge on any atom is -0.481 e. The van der Waals surface area contributed by atoms with Crippen molar-refractivity contribution in [3.05, 3.63) is 11.6 Å². The molecule has 0 aliphatic heterocycles. The fourth-order valence-corrected chi connectivity index (χ4v) is 3.92. The third-order valence-corrected chi connectivity index (χ3v) is 5.35. The first-order valence-electron chi connectivity index (χ1n) is 11.1. The molecule has 186 valence electrons. The monoisotopic (exact) mass is 495 g/mol. The maximum atomic E-state index is 13.1. The Morgan fingerprint density at radius 3 is 2.00 bits per heavy atom. The van der Waals surface area contributed by atoms with Crippen molar-refractivity contribution < 1.29 is 29.0 Å². The number of anilines is 1. The van der Waals surface area contributed by atoms with E-state index >= 15 is 0 Å². The van der Waals surface area contributed by atoms with Crippen LogP contribution in [0.15, 0.2) is 6.33 Å². The van der Waals surface area contributed by atoms with Crippen LogP contribution in [0.2, 0.25) is 5.28 Å². The Morgan fingerprint density at radius 2 is 1.53 bits per heavy atom. The number of imidazole rings is 1. The molecule has 2 aromatic rings. The highest BCUT2D eigenvalue weighted by atomic mass is 35.5. The second kappa shape index (κ2) is 9.36. The van der Waals surface area contributed by atoms with Crippen LogP contribution in [0.1, 0.15) is 73.3 Å². The summed E-state index contributed by atoms with van der Waals surface area (Å²) in [6.45, 7) is 10.0. The highest BCUT2D eigenvalue weighted by Gasteiger charge is 2.37. The number of aromatic nitrogens is 4. The Labute approximate surface area is 202 Å². The van der Waals surface area contributed by atoms with Gasteiger partial charge < -0.3 is 19.1 Å². The van der Waals surface area contributed by atoms with Crippen molar-refractivity contribution in [3.63, 3.8) is 0 Å². The lowest BCUT2D eigenvalue weighted by molar-refractivity contribution is -0.143. The summed E-state index contributed by atoms with van der Waals surface area (Å²) in [5, 5.41) is 9.08. The Hall–Kier alpha value is -2.95. The number of halogens is 1. The van der Waals surface area contributed by atoms with Gasteiger partial charge in [0.2, 0.25) is 5.28 Å². The molecule has 1 aliphatic rings. The summed E-state index contributed by atoms with van der Waals surface area (Å²) in [5.74, 6) is -1.34. The summed E-state index contributed by atoms with van der Waals surface area (Å²) in [5.41, 5.74) is -1.29. The SMILES string of the molecule is CC(C)(C)OC(=O)N(C(=O)OC(C)(C)C)c1nc(Cl)nc2c1ncn2[C@H]1CC[C@@H](C(=O)O)CC1. The van der Waals surface area contributed by atoms with Gasteiger partial charge in [0.15, 0.2) is 17.0 Å². The largest absolute Gasteiger partial charge is 0.481 e. The molecule has 34 heavy (non-hydrogen) atoms. The van der Waals surface area contributed by atoms with Crippen molar-refractivity contribution in [1.82, 2.24) is 19.5 Å². The average Bonchev–Trinajstić information content (AvgIpc) is 3.09. The van der Waals surface area contributed by atoms with Gasteiger partial charge in [-0.15, -0.1) is 0 Å². The van der Waals surface area contributed by atoms with Crippen molar-refractivity contribution in [2.24, 2.45) is 5.92 Å². The maximum Gasteiger partial charge on any atom is 0.425 e. The van der Waals surface area contributed by atoms with Gasteiger partial charge in [0.05, 0.1) is 12.2 Å². The van der Waals surface area contributed by atoms with Gasteiger partial charge in [-0.3, -0.25) is 4.79 Å². The second-order valence-corrected chi connectivity index (χ2v) is 10.6. The zero-order valence-electron chi connectivity index (χ0n) is 20.2. The first kappa shape index (κ1) is 25.7. The van der Waals surface area contributed by atoms with E-state index in [1.165, 1.54) is 6.33 Å². The minimum atomic E-state index is -0.991. The van der Waals surface area contributed by atoms with Gasteiger partial charge in [-0.05, 0) is 78.8 Å². The highest BCUT2D eigenvalue weighted by Crippen LogP contribution is 2.36. The highest BCUT2D eigenvalue weighted by molar-refractivity contribution is 6.29. The molecule has 0 aromatic carbocycles. The van der Waals surface area contributed by atoms with Gasteiger partial charge >= 0.3 is 18.2 Å². The fourth-order valence-electron chi connectivity index (χ4n) is 3.76. The summed E-state index contributed by atoms with van der Waals surface area (Å²) < 4.78 is 12.6. The van der Waals surface area contributed by atoms with Crippen LogP contribution in [0.5, 0.6) is 0 Å². The van der Waals surface area contributed by atoms with Gasteiger partial charge in [0.25, 0.3) is 0 Å². The quantitative estimate of drug-likeness (QED) is 0.584. The predicted molar refractivity (Wildman–Crippen MR) is 124 cm³/mol. The molecule has 3 rings (SSSR count). The number of hydrogen-bond donors (Lipinski definition) is 1. The van der Waals surface area contributed by atoms with Crippen molar-refractivity contribution in [1.29, 1.82) is 0 Å². The van der Waals surface area contributed by atoms with E-state index in [-0.39, 0.29) is 28.6 Å². The van der Waals surface area contributed by atoms with Crippen LogP contribution < -0.4 is 4.90 Å². The van der Waals surface area contributed by atoms with E-state index < -0.39 is 29.4 Å². The van der Waals surface area contributed by atoms with Gasteiger partial charge in [-0.2, -0.15) is 14.9 Å². The van der Waals surface area contributed by atoms with E-state index in [4.69, 9.17) is 21.1 Å². The minimum absolute atomic E-state index is 0.0593. The molecule has 2 aromatic heterocycles. The Bertz CT molecular complexity index is 1070. The zero-order chi connectivity index (χ0) is 25.4. The summed E-state index contributed by atoms with van der Waals surface area (Å²) in [6, 6.07) is -0.0593. The molecule has 0 spiro atoms. The van der Waals surface area contributed by atoms with Crippen LogP contribution in [0, 0.1) is 5.92 Å². The number of nitrogens with zero attached hydrogens (tertiary/aromatic N) is 5. The molecular weight excluding hydrogens is 466 g/mol. The number of rotatable bonds is 3. The molecule has 2 amide bonds. The molecule has 1 aliphatic carbocycles. The van der Waals surface area contributed by atoms with Crippen molar-refractivity contribution in [2.75, 3.05) is 4.90 Å². The Kier molecular flexibility index (Phi) is 7.07. The number of carboxylic acid groups (broad SMARTS) is 1. The normalized spacial score (nSPS) is 19.0. The van der Waals surface area contributed by atoms with Crippen LogP contribution in [-0.4, -0.2) is 54.0 Å². The van der Waals surface area contributed by atoms with Crippen molar-refractivity contribution in [2.45, 2.75) is 84.5 Å². The lowest BCUT2D eigenvalue weighted by Gasteiger charge is -2.28. The Morgan fingerprint density at radius 1 is 1.00 bits per heavy atom. The lowest BCUT2D eigenvalue weighted by atomic mass is 9.86. The number of carbonyl (C=O) groups excluding carboxylic acids is 2. The molecule has 0 bridgehead atoms. The van der Waals surface area contributed by atoms with Gasteiger partial charge in [0, 0.05) is 6.04 Å². The van der Waals surface area contributed by atoms with Crippen LogP contribution >= 0.6 is 11.6 Å². The molecule has 1 fully saturated rings. The predicted octanol–water partition coefficient (Wildman–Crippen LogP) is 4.97. The van der Waals surface area contributed by atoms with Crippen LogP contribution in [0.25, 0.3) is 11.2 Å². The number of carbonyl (C=O) groups is 3. The Balaban J connectivity index is 2.05. The topological polar surface area (TPSA) is 137 Å². The summed E-state index contributed by atoms with van der Waals surface area (Å²) in [6.07, 6.45) is 1.82. The number of fused-ring (bicyclic) bond motifs is 1. The van der Waals surface area contributed by atoms with Crippen LogP contribution in [0.4, 0.5) is 15.4 Å². The fraction of sp³-hybridized carbons (Fsp3) is 0.636. The second-order valence-electron chi connectivity index (χ2n) is 10.3. The van der Waals surface area contributed by atoms with E-state index in [0.717, 1.165) is 0 Å². The molecule has 2 heterocycles. The third-order valence-electron chi connectivity index (χ3n) is 5.18. The molecule has 0 unspecified atom stereocenters. The average molecular weight is 496 g/mol. The molecule has 11 nitrogen and oxygen atoms in total. The number of ether oxygens (including phenoxy) is 2. The van der Waals surface area contributed by atoms with E-state index in [1.807, 2.05) is 0 Å². The van der Waals surface area contributed by atoms with Crippen LogP contribution in [-0.2, 0) is 14.3 Å². The number of carboxylic acids is 1. The lowest BCUT2D eigenvalue weighted by Crippen LogP contribution is -2.44. The number of aliphatic carboxylic acids is 1. The van der Waals surface area contributed by atoms with Gasteiger partial charge in [0.1, 0.15) is 11.2 Å². The summed E-state index contributed by atoms with van der Waals surface area (Å²) in [4.78, 5) is 50.9. The number of imide groups is 1. The molecule has 0 atom stereocenters. The molecule has 1 saturated carbocycles. The number of amides is 2. The third kappa shape index (κ3) is 5.94. The molecule has 0 saturated heterocycles. The smallest absolute Gasteiger partial charge is 0.425 e. The first-order chi connectivity index (χ1) is 15.7. The summed E-state index contributed by atoms with van der Waals surface area (Å²) in [7, 11) is 0. The molecule has 0 radical (unpaired) electrons. The standard InChI is InChI=1S/C22H30ClN5O6/c1-21(2,3)33-19(31)28(20(32)34-22(4,5)6)16-14-15(25-18(23)26-16)27(11-24-14)13-9-7-12(8-10-13)17(29)30/h11-13H,7-10H2,1-6H3,(H,29,30)/t12-,13+. The van der Waals surface area contributed by atoms with Crippen LogP contribution in [0.3, 0.4) is 0 Å². The van der Waals surface area contributed by atoms with E-state index in [9.17, 15) is 19.5 Å². The van der Waals surface area contributed by atoms with Crippen molar-refractivity contribution >= 4 is 46.7 Å². The van der Waals surface area contributed by atoms with E-state index in [0.29, 0.717) is 36.2 Å². The molecule has 12 heteroatoms. The van der Waals surface area contributed by atoms with Gasteiger partial charge in [-0.1, -0.05) is 0 Å².